The van der Waals surface area contributed by atoms with E-state index in [0.29, 0.717) is 28.4 Å². The molecule has 4 rings (SSSR count). The summed E-state index contributed by atoms with van der Waals surface area (Å²) in [5, 5.41) is 19.1. The van der Waals surface area contributed by atoms with Crippen LogP contribution in [0.5, 0.6) is 23.0 Å². The molecule has 45 heavy (non-hydrogen) atoms. The van der Waals surface area contributed by atoms with Gasteiger partial charge in [0.25, 0.3) is 0 Å². The Bertz CT molecular complexity index is 1640. The fourth-order valence-corrected chi connectivity index (χ4v) is 6.17. The van der Waals surface area contributed by atoms with E-state index >= 15 is 4.39 Å². The summed E-state index contributed by atoms with van der Waals surface area (Å²) in [6, 6.07) is 5.17. The first-order chi connectivity index (χ1) is 21.4. The monoisotopic (exact) mass is 665 g/mol. The highest BCUT2D eigenvalue weighted by Gasteiger charge is 2.34. The Morgan fingerprint density at radius 2 is 1.56 bits per heavy atom. The minimum atomic E-state index is -1.10. The molecule has 0 fully saturated rings. The molecule has 3 aromatic rings. The van der Waals surface area contributed by atoms with Gasteiger partial charge in [0, 0.05) is 54.2 Å². The van der Waals surface area contributed by atoms with Crippen molar-refractivity contribution in [3.8, 4) is 23.0 Å². The maximum atomic E-state index is 15.6. The van der Waals surface area contributed by atoms with Crippen molar-refractivity contribution in [2.24, 2.45) is 11.8 Å². The second kappa shape index (κ2) is 14.3. The highest BCUT2D eigenvalue weighted by molar-refractivity contribution is 7.20. The number of benzene rings is 2. The van der Waals surface area contributed by atoms with Crippen molar-refractivity contribution in [3.05, 3.63) is 45.0 Å². The number of carbonyl (C=O) groups excluding carboxylic acids is 2. The Balaban J connectivity index is 1.40. The number of nitrogens with zero attached hydrogens (tertiary/aromatic N) is 1. The molecule has 2 N–H and O–H groups in total. The van der Waals surface area contributed by atoms with Gasteiger partial charge in [-0.25, -0.2) is 4.39 Å². The maximum Gasteiger partial charge on any atom is 0.306 e. The summed E-state index contributed by atoms with van der Waals surface area (Å²) in [5.41, 5.74) is 0.572. The first-order valence-electron chi connectivity index (χ1n) is 14.1. The van der Waals surface area contributed by atoms with Gasteiger partial charge in [0.15, 0.2) is 34.6 Å². The van der Waals surface area contributed by atoms with Gasteiger partial charge in [-0.15, -0.1) is 11.3 Å². The number of rotatable bonds is 15. The van der Waals surface area contributed by atoms with Gasteiger partial charge in [-0.2, -0.15) is 0 Å². The van der Waals surface area contributed by atoms with Crippen molar-refractivity contribution in [3.63, 3.8) is 0 Å². The van der Waals surface area contributed by atoms with Crippen molar-refractivity contribution in [1.82, 2.24) is 4.90 Å². The molecule has 2 aromatic carbocycles. The number of carboxylic acids is 2. The average molecular weight is 666 g/mol. The number of carbonyl (C=O) groups is 4. The van der Waals surface area contributed by atoms with E-state index in [1.807, 2.05) is 0 Å². The number of carboxylic acid groups (broad SMARTS) is 2. The summed E-state index contributed by atoms with van der Waals surface area (Å²) < 4.78 is 38.9. The average Bonchev–Trinajstić information content (AvgIpc) is 3.64. The molecule has 0 unspecified atom stereocenters. The summed E-state index contributed by atoms with van der Waals surface area (Å²) in [5.74, 6) is -4.53. The number of Topliss-reactive ketones (excluding diaryl/α,β-unsaturated/α-hetero) is 1. The van der Waals surface area contributed by atoms with Gasteiger partial charge in [-0.1, -0.05) is 25.4 Å². The van der Waals surface area contributed by atoms with Crippen molar-refractivity contribution in [1.29, 1.82) is 0 Å². The molecule has 0 spiro atoms. The summed E-state index contributed by atoms with van der Waals surface area (Å²) in [6.45, 7) is 3.06. The van der Waals surface area contributed by atoms with Crippen molar-refractivity contribution in [2.45, 2.75) is 46.2 Å². The quantitative estimate of drug-likeness (QED) is 0.151. The van der Waals surface area contributed by atoms with E-state index < -0.39 is 35.5 Å². The van der Waals surface area contributed by atoms with Crippen LogP contribution in [-0.4, -0.2) is 66.2 Å². The van der Waals surface area contributed by atoms with Crippen LogP contribution in [0, 0.1) is 17.7 Å². The van der Waals surface area contributed by atoms with E-state index in [2.05, 4.69) is 0 Å². The fourth-order valence-electron chi connectivity index (χ4n) is 4.81. The Morgan fingerprint density at radius 3 is 2.20 bits per heavy atom. The lowest BCUT2D eigenvalue weighted by Gasteiger charge is -2.16. The van der Waals surface area contributed by atoms with Gasteiger partial charge < -0.3 is 34.1 Å². The fraction of sp³-hybridized carbons (Fsp3) is 0.419. The van der Waals surface area contributed by atoms with Gasteiger partial charge in [0.2, 0.25) is 5.91 Å². The number of hydrogen-bond donors (Lipinski definition) is 2. The van der Waals surface area contributed by atoms with E-state index in [1.54, 1.807) is 18.2 Å². The van der Waals surface area contributed by atoms with Crippen LogP contribution in [0.4, 0.5) is 4.39 Å². The van der Waals surface area contributed by atoms with Crippen LogP contribution >= 0.6 is 22.9 Å². The van der Waals surface area contributed by atoms with Crippen LogP contribution < -0.4 is 18.9 Å². The van der Waals surface area contributed by atoms with Gasteiger partial charge in [0.05, 0.1) is 49.2 Å². The Labute approximate surface area is 267 Å². The van der Waals surface area contributed by atoms with Gasteiger partial charge in [0.1, 0.15) is 0 Å². The highest BCUT2D eigenvalue weighted by Crippen LogP contribution is 2.46. The van der Waals surface area contributed by atoms with Crippen molar-refractivity contribution in [2.75, 3.05) is 27.4 Å². The van der Waals surface area contributed by atoms with E-state index in [-0.39, 0.29) is 67.0 Å². The molecule has 0 radical (unpaired) electrons. The number of ketones is 1. The summed E-state index contributed by atoms with van der Waals surface area (Å²) in [4.78, 5) is 49.3. The molecule has 1 aromatic heterocycles. The molecule has 1 aliphatic heterocycles. The molecule has 0 bridgehead atoms. The van der Waals surface area contributed by atoms with E-state index in [9.17, 15) is 19.2 Å². The van der Waals surface area contributed by atoms with E-state index in [4.69, 9.17) is 40.8 Å². The number of fused-ring (bicyclic) bond motifs is 2. The zero-order chi connectivity index (χ0) is 33.0. The number of halogens is 2. The summed E-state index contributed by atoms with van der Waals surface area (Å²) in [7, 11) is 2.81. The Hall–Kier alpha value is -4.10. The highest BCUT2D eigenvalue weighted by atomic mass is 35.5. The predicted octanol–water partition coefficient (Wildman–Crippen LogP) is 5.81. The first-order valence-corrected chi connectivity index (χ1v) is 15.3. The molecular formula is C31H33ClFNO10S. The topological polar surface area (TPSA) is 149 Å². The minimum absolute atomic E-state index is 0.00489. The molecule has 0 saturated heterocycles. The normalized spacial score (nSPS) is 13.7. The van der Waals surface area contributed by atoms with Crippen molar-refractivity contribution >= 4 is 56.7 Å². The molecule has 242 valence electrons. The van der Waals surface area contributed by atoms with Crippen LogP contribution in [0.25, 0.3) is 10.1 Å². The molecular weight excluding hydrogens is 633 g/mol. The zero-order valence-corrected chi connectivity index (χ0v) is 26.7. The molecule has 1 amide bonds. The predicted molar refractivity (Wildman–Crippen MR) is 163 cm³/mol. The smallest absolute Gasteiger partial charge is 0.306 e. The lowest BCUT2D eigenvalue weighted by atomic mass is 10.0. The second-order valence-corrected chi connectivity index (χ2v) is 12.2. The Morgan fingerprint density at radius 1 is 0.911 bits per heavy atom. The maximum absolute atomic E-state index is 15.6. The standard InChI is InChI=1S/C31H33ClFNO10S/c1-15(30(37)38)8-20(35)24-11-17-10-22(21(41-3)12-23(17)45-24)43-6-5-7-44-29-27(33)19-14-34(25(36)9-16(2)31(39)40)13-18(19)26(32)28(29)42-4/h10-12,15-16H,5-9,13-14H2,1-4H3,(H,37,38)(H,39,40)/t15-,16-/m0/s1. The van der Waals surface area contributed by atoms with Crippen LogP contribution in [0.2, 0.25) is 5.02 Å². The van der Waals surface area contributed by atoms with Crippen LogP contribution in [-0.2, 0) is 27.5 Å². The number of ether oxygens (including phenoxy) is 4. The number of hydrogen-bond acceptors (Lipinski definition) is 9. The van der Waals surface area contributed by atoms with E-state index in [1.165, 1.54) is 44.3 Å². The molecule has 0 saturated carbocycles. The molecule has 2 heterocycles. The van der Waals surface area contributed by atoms with Crippen LogP contribution in [0.3, 0.4) is 0 Å². The van der Waals surface area contributed by atoms with Gasteiger partial charge >= 0.3 is 11.9 Å². The molecule has 14 heteroatoms. The molecule has 2 atom stereocenters. The largest absolute Gasteiger partial charge is 0.493 e. The van der Waals surface area contributed by atoms with E-state index in [0.717, 1.165) is 10.1 Å². The molecule has 0 aliphatic carbocycles. The van der Waals surface area contributed by atoms with Gasteiger partial charge in [-0.05, 0) is 17.5 Å². The minimum Gasteiger partial charge on any atom is -0.493 e. The first kappa shape index (κ1) is 33.8. The third-order valence-electron chi connectivity index (χ3n) is 7.44. The molecule has 1 aliphatic rings. The lowest BCUT2D eigenvalue weighted by molar-refractivity contribution is -0.145. The number of amides is 1. The van der Waals surface area contributed by atoms with Crippen LogP contribution in [0.15, 0.2) is 18.2 Å². The Kier molecular flexibility index (Phi) is 10.8. The van der Waals surface area contributed by atoms with Crippen LogP contribution in [0.1, 0.15) is 53.9 Å². The van der Waals surface area contributed by atoms with Gasteiger partial charge in [-0.3, -0.25) is 19.2 Å². The lowest BCUT2D eigenvalue weighted by Crippen LogP contribution is -2.28. The third kappa shape index (κ3) is 7.42. The summed E-state index contributed by atoms with van der Waals surface area (Å²) in [6.07, 6.45) is 0.00107. The number of thiophene rings is 1. The third-order valence-corrected chi connectivity index (χ3v) is 8.98. The summed E-state index contributed by atoms with van der Waals surface area (Å²) >= 11 is 7.77. The zero-order valence-electron chi connectivity index (χ0n) is 25.1. The molecule has 11 nitrogen and oxygen atoms in total. The number of aliphatic carboxylic acids is 2. The SMILES string of the molecule is COc1cc2sc(C(=O)C[C@H](C)C(=O)O)cc2cc1OCCCOc1c(F)c2c(c(Cl)c1OC)CN(C(=O)C[C@H](C)C(=O)O)C2. The van der Waals surface area contributed by atoms with Crippen molar-refractivity contribution < 1.29 is 52.7 Å². The second-order valence-electron chi connectivity index (χ2n) is 10.7. The number of methoxy groups -OCH3 is 2.